The Bertz CT molecular complexity index is 1260. The lowest BCUT2D eigenvalue weighted by molar-refractivity contribution is 0.101. The Kier molecular flexibility index (Phi) is 3.88. The predicted molar refractivity (Wildman–Crippen MR) is 103 cm³/mol. The zero-order valence-corrected chi connectivity index (χ0v) is 15.5. The largest absolute Gasteiger partial charge is 0.497 e. The van der Waals surface area contributed by atoms with Gasteiger partial charge < -0.3 is 13.6 Å². The lowest BCUT2D eigenvalue weighted by Crippen LogP contribution is -2.01. The van der Waals surface area contributed by atoms with E-state index >= 15 is 0 Å². The molecule has 2 heterocycles. The molecule has 0 aliphatic rings. The van der Waals surface area contributed by atoms with Crippen LogP contribution in [0.4, 0.5) is 0 Å². The number of furan rings is 1. The van der Waals surface area contributed by atoms with E-state index in [1.807, 2.05) is 26.8 Å². The molecule has 4 aromatic rings. The molecule has 0 fully saturated rings. The van der Waals surface area contributed by atoms with Crippen LogP contribution in [0.3, 0.4) is 0 Å². The van der Waals surface area contributed by atoms with E-state index in [0.717, 1.165) is 21.9 Å². The highest BCUT2D eigenvalue weighted by atomic mass is 16.5. The second kappa shape index (κ2) is 6.13. The van der Waals surface area contributed by atoms with Crippen molar-refractivity contribution >= 4 is 27.7 Å². The van der Waals surface area contributed by atoms with Crippen LogP contribution in [0.1, 0.15) is 32.8 Å². The molecular formula is C22H18O5. The van der Waals surface area contributed by atoms with E-state index < -0.39 is 5.63 Å². The maximum Gasteiger partial charge on any atom is 0.336 e. The average Bonchev–Trinajstić information content (AvgIpc) is 2.99. The topological polar surface area (TPSA) is 69.7 Å². The minimum atomic E-state index is -0.403. The second-order valence-corrected chi connectivity index (χ2v) is 6.62. The summed E-state index contributed by atoms with van der Waals surface area (Å²) in [5.41, 5.74) is 3.47. The summed E-state index contributed by atoms with van der Waals surface area (Å²) in [7, 11) is 1.58. The summed E-state index contributed by atoms with van der Waals surface area (Å²) in [4.78, 5) is 24.7. The molecule has 4 rings (SSSR count). The van der Waals surface area contributed by atoms with Crippen molar-refractivity contribution in [3.8, 4) is 5.75 Å². The summed E-state index contributed by atoms with van der Waals surface area (Å²) in [5, 5.41) is 1.68. The van der Waals surface area contributed by atoms with Gasteiger partial charge >= 0.3 is 5.63 Å². The summed E-state index contributed by atoms with van der Waals surface area (Å²) < 4.78 is 16.5. The molecule has 0 unspecified atom stereocenters. The molecule has 0 aliphatic carbocycles. The highest BCUT2D eigenvalue weighted by Crippen LogP contribution is 2.35. The van der Waals surface area contributed by atoms with Gasteiger partial charge in [0.15, 0.2) is 5.76 Å². The van der Waals surface area contributed by atoms with Crippen molar-refractivity contribution < 1.29 is 18.4 Å². The van der Waals surface area contributed by atoms with Crippen LogP contribution in [0.15, 0.2) is 50.0 Å². The lowest BCUT2D eigenvalue weighted by Gasteiger charge is -2.04. The fraction of sp³-hybridized carbons (Fsp3) is 0.182. The number of ketones is 1. The van der Waals surface area contributed by atoms with E-state index in [-0.39, 0.29) is 11.5 Å². The third-order valence-electron chi connectivity index (χ3n) is 4.93. The van der Waals surface area contributed by atoms with E-state index in [0.29, 0.717) is 28.0 Å². The van der Waals surface area contributed by atoms with Crippen LogP contribution >= 0.6 is 0 Å². The van der Waals surface area contributed by atoms with Crippen molar-refractivity contribution in [2.75, 3.05) is 7.11 Å². The van der Waals surface area contributed by atoms with Crippen LogP contribution in [-0.4, -0.2) is 12.9 Å². The molecular weight excluding hydrogens is 344 g/mol. The van der Waals surface area contributed by atoms with Crippen molar-refractivity contribution in [3.05, 3.63) is 74.8 Å². The summed E-state index contributed by atoms with van der Waals surface area (Å²) in [6, 6.07) is 10.3. The van der Waals surface area contributed by atoms with Crippen molar-refractivity contribution in [1.29, 1.82) is 0 Å². The molecule has 136 valence electrons. The summed E-state index contributed by atoms with van der Waals surface area (Å²) >= 11 is 0. The van der Waals surface area contributed by atoms with Crippen molar-refractivity contribution in [3.63, 3.8) is 0 Å². The Labute approximate surface area is 155 Å². The second-order valence-electron chi connectivity index (χ2n) is 6.62. The van der Waals surface area contributed by atoms with Gasteiger partial charge in [0.2, 0.25) is 5.78 Å². The van der Waals surface area contributed by atoms with Gasteiger partial charge in [-0.25, -0.2) is 4.79 Å². The third-order valence-corrected chi connectivity index (χ3v) is 4.93. The minimum Gasteiger partial charge on any atom is -0.497 e. The van der Waals surface area contributed by atoms with Crippen LogP contribution in [0, 0.1) is 20.8 Å². The van der Waals surface area contributed by atoms with Crippen molar-refractivity contribution in [2.45, 2.75) is 20.8 Å². The van der Waals surface area contributed by atoms with Gasteiger partial charge in [0.25, 0.3) is 0 Å². The Hall–Kier alpha value is -3.34. The first-order chi connectivity index (χ1) is 12.9. The summed E-state index contributed by atoms with van der Waals surface area (Å²) in [6.07, 6.45) is 0. The number of carbonyl (C=O) groups excluding carboxylic acids is 1. The van der Waals surface area contributed by atoms with E-state index in [1.54, 1.807) is 31.4 Å². The van der Waals surface area contributed by atoms with Crippen LogP contribution in [0.2, 0.25) is 0 Å². The molecule has 2 aromatic carbocycles. The number of hydrogen-bond acceptors (Lipinski definition) is 5. The number of carbonyl (C=O) groups is 1. The fourth-order valence-corrected chi connectivity index (χ4v) is 3.39. The number of benzene rings is 2. The van der Waals surface area contributed by atoms with Gasteiger partial charge in [-0.15, -0.1) is 0 Å². The van der Waals surface area contributed by atoms with Crippen LogP contribution in [-0.2, 0) is 0 Å². The van der Waals surface area contributed by atoms with Crippen molar-refractivity contribution in [2.24, 2.45) is 0 Å². The molecule has 2 aromatic heterocycles. The van der Waals surface area contributed by atoms with Crippen LogP contribution in [0.5, 0.6) is 5.75 Å². The Morgan fingerprint density at radius 2 is 1.56 bits per heavy atom. The molecule has 0 atom stereocenters. The maximum atomic E-state index is 13.0. The predicted octanol–water partition coefficient (Wildman–Crippen LogP) is 4.70. The molecule has 0 aliphatic heterocycles. The maximum absolute atomic E-state index is 13.0. The SMILES string of the molecule is COc1ccc(C(=O)c2oc3c(C)c4oc(=O)cc(C)c4cc3c2C)cc1. The zero-order valence-electron chi connectivity index (χ0n) is 15.5. The summed E-state index contributed by atoms with van der Waals surface area (Å²) in [6.45, 7) is 5.56. The number of hydrogen-bond donors (Lipinski definition) is 0. The molecule has 27 heavy (non-hydrogen) atoms. The van der Waals surface area contributed by atoms with E-state index in [2.05, 4.69) is 0 Å². The number of fused-ring (bicyclic) bond motifs is 2. The van der Waals surface area contributed by atoms with Gasteiger partial charge in [0, 0.05) is 33.5 Å². The lowest BCUT2D eigenvalue weighted by atomic mass is 10.0. The molecule has 0 bridgehead atoms. The first-order valence-electron chi connectivity index (χ1n) is 8.56. The molecule has 5 heteroatoms. The van der Waals surface area contributed by atoms with E-state index in [4.69, 9.17) is 13.6 Å². The van der Waals surface area contributed by atoms with Gasteiger partial charge in [-0.2, -0.15) is 0 Å². The number of rotatable bonds is 3. The normalized spacial score (nSPS) is 11.3. The summed E-state index contributed by atoms with van der Waals surface area (Å²) in [5.74, 6) is 0.766. The third kappa shape index (κ3) is 2.63. The standard InChI is InChI=1S/C22H18O5/c1-11-9-18(23)26-20-13(3)21-17(10-16(11)20)12(2)22(27-21)19(24)14-5-7-15(25-4)8-6-14/h5-10H,1-4H3. The monoisotopic (exact) mass is 362 g/mol. The first-order valence-corrected chi connectivity index (χ1v) is 8.56. The van der Waals surface area contributed by atoms with Gasteiger partial charge in [-0.05, 0) is 56.7 Å². The average molecular weight is 362 g/mol. The van der Waals surface area contributed by atoms with Gasteiger partial charge in [-0.3, -0.25) is 4.79 Å². The quantitative estimate of drug-likeness (QED) is 0.390. The van der Waals surface area contributed by atoms with Crippen molar-refractivity contribution in [1.82, 2.24) is 0 Å². The number of aryl methyl sites for hydroxylation is 3. The Morgan fingerprint density at radius 1 is 0.889 bits per heavy atom. The zero-order chi connectivity index (χ0) is 19.3. The molecule has 5 nitrogen and oxygen atoms in total. The van der Waals surface area contributed by atoms with E-state index in [1.165, 1.54) is 6.07 Å². The van der Waals surface area contributed by atoms with Crippen LogP contribution < -0.4 is 10.4 Å². The molecule has 0 spiro atoms. The van der Waals surface area contributed by atoms with Crippen LogP contribution in [0.25, 0.3) is 21.9 Å². The molecule has 0 radical (unpaired) electrons. The Balaban J connectivity index is 1.94. The van der Waals surface area contributed by atoms with Gasteiger partial charge in [-0.1, -0.05) is 0 Å². The highest BCUT2D eigenvalue weighted by molar-refractivity contribution is 6.12. The van der Waals surface area contributed by atoms with Gasteiger partial charge in [0.05, 0.1) is 7.11 Å². The molecule has 0 amide bonds. The molecule has 0 saturated carbocycles. The minimum absolute atomic E-state index is 0.201. The van der Waals surface area contributed by atoms with Gasteiger partial charge in [0.1, 0.15) is 16.9 Å². The number of ether oxygens (including phenoxy) is 1. The fourth-order valence-electron chi connectivity index (χ4n) is 3.39. The molecule has 0 saturated heterocycles. The smallest absolute Gasteiger partial charge is 0.336 e. The number of methoxy groups -OCH3 is 1. The Morgan fingerprint density at radius 3 is 2.22 bits per heavy atom. The first kappa shape index (κ1) is 17.1. The highest BCUT2D eigenvalue weighted by Gasteiger charge is 2.22. The van der Waals surface area contributed by atoms with E-state index in [9.17, 15) is 9.59 Å². The molecule has 0 N–H and O–H groups in total.